The van der Waals surface area contributed by atoms with Crippen LogP contribution in [-0.2, 0) is 9.47 Å². The van der Waals surface area contributed by atoms with Gasteiger partial charge in [0.2, 0.25) is 0 Å². The van der Waals surface area contributed by atoms with Crippen molar-refractivity contribution in [3.05, 3.63) is 24.2 Å². The van der Waals surface area contributed by atoms with Crippen LogP contribution in [0.15, 0.2) is 27.8 Å². The van der Waals surface area contributed by atoms with Gasteiger partial charge in [-0.3, -0.25) is 10.1 Å². The lowest BCUT2D eigenvalue weighted by molar-refractivity contribution is 0.0935. The topological polar surface area (TPSA) is 73.1 Å². The minimum absolute atomic E-state index is 0.121. The molecule has 1 aliphatic rings. The number of amides is 1. The van der Waals surface area contributed by atoms with Crippen LogP contribution in [0.3, 0.4) is 0 Å². The van der Waals surface area contributed by atoms with E-state index in [0.717, 1.165) is 25.9 Å². The van der Waals surface area contributed by atoms with Gasteiger partial charge in [0, 0.05) is 6.61 Å². The molecule has 2 rings (SSSR count). The summed E-state index contributed by atoms with van der Waals surface area (Å²) in [5, 5.41) is 2.62. The van der Waals surface area contributed by atoms with Crippen LogP contribution in [0.1, 0.15) is 36.7 Å². The van der Waals surface area contributed by atoms with Crippen molar-refractivity contribution in [1.29, 1.82) is 0 Å². The van der Waals surface area contributed by atoms with Crippen LogP contribution in [0, 0.1) is 0 Å². The lowest BCUT2D eigenvalue weighted by Crippen LogP contribution is -2.33. The molecule has 6 heteroatoms. The first-order valence-corrected chi connectivity index (χ1v) is 6.93. The first kappa shape index (κ1) is 14.6. The van der Waals surface area contributed by atoms with Gasteiger partial charge in [0.15, 0.2) is 5.76 Å². The number of carbonyl (C=O) groups excluding carboxylic acids is 1. The molecule has 2 heterocycles. The molecule has 1 amide bonds. The number of hydrogen-bond donors (Lipinski definition) is 1. The van der Waals surface area contributed by atoms with E-state index in [-0.39, 0.29) is 23.8 Å². The molecule has 0 bridgehead atoms. The Hall–Kier alpha value is -1.82. The van der Waals surface area contributed by atoms with Gasteiger partial charge in [-0.25, -0.2) is 4.99 Å². The van der Waals surface area contributed by atoms with Gasteiger partial charge in [-0.2, -0.15) is 0 Å². The molecular weight excluding hydrogens is 260 g/mol. The summed E-state index contributed by atoms with van der Waals surface area (Å²) in [6, 6.07) is 3.47. The maximum absolute atomic E-state index is 11.9. The normalized spacial score (nSPS) is 19.1. The summed E-state index contributed by atoms with van der Waals surface area (Å²) < 4.78 is 16.0. The summed E-state index contributed by atoms with van der Waals surface area (Å²) in [5.74, 6) is -0.132. The second-order valence-corrected chi connectivity index (χ2v) is 4.56. The van der Waals surface area contributed by atoms with Crippen molar-refractivity contribution in [2.45, 2.75) is 32.3 Å². The van der Waals surface area contributed by atoms with E-state index in [1.165, 1.54) is 6.26 Å². The molecule has 1 atom stereocenters. The zero-order valence-electron chi connectivity index (χ0n) is 11.6. The number of rotatable bonds is 5. The zero-order chi connectivity index (χ0) is 14.2. The van der Waals surface area contributed by atoms with Gasteiger partial charge >= 0.3 is 0 Å². The van der Waals surface area contributed by atoms with Gasteiger partial charge in [0.25, 0.3) is 11.9 Å². The van der Waals surface area contributed by atoms with Gasteiger partial charge < -0.3 is 13.9 Å². The fraction of sp³-hybridized carbons (Fsp3) is 0.571. The summed E-state index contributed by atoms with van der Waals surface area (Å²) in [4.78, 5) is 16.2. The second-order valence-electron chi connectivity index (χ2n) is 4.56. The van der Waals surface area contributed by atoms with Crippen LogP contribution >= 0.6 is 0 Å². The molecule has 1 N–H and O–H groups in total. The monoisotopic (exact) mass is 280 g/mol. The van der Waals surface area contributed by atoms with E-state index in [4.69, 9.17) is 13.9 Å². The van der Waals surface area contributed by atoms with Gasteiger partial charge in [-0.15, -0.1) is 0 Å². The highest BCUT2D eigenvalue weighted by Gasteiger charge is 2.17. The fourth-order valence-corrected chi connectivity index (χ4v) is 1.86. The average Bonchev–Trinajstić information content (AvgIpc) is 3.13. The first-order chi connectivity index (χ1) is 9.79. The van der Waals surface area contributed by atoms with E-state index in [9.17, 15) is 4.79 Å². The molecule has 1 aliphatic heterocycles. The van der Waals surface area contributed by atoms with Crippen molar-refractivity contribution in [2.24, 2.45) is 4.99 Å². The molecule has 0 unspecified atom stereocenters. The highest BCUT2D eigenvalue weighted by Crippen LogP contribution is 2.12. The third-order valence-corrected chi connectivity index (χ3v) is 2.87. The van der Waals surface area contributed by atoms with E-state index >= 15 is 0 Å². The van der Waals surface area contributed by atoms with E-state index < -0.39 is 0 Å². The Balaban J connectivity index is 1.91. The van der Waals surface area contributed by atoms with Crippen molar-refractivity contribution in [3.8, 4) is 0 Å². The predicted octanol–water partition coefficient (Wildman–Crippen LogP) is 1.97. The van der Waals surface area contributed by atoms with Crippen molar-refractivity contribution in [2.75, 3.05) is 19.8 Å². The summed E-state index contributed by atoms with van der Waals surface area (Å²) in [5.41, 5.74) is 0. The molecular formula is C14H20N2O4. The molecule has 110 valence electrons. The van der Waals surface area contributed by atoms with Crippen LogP contribution in [0.4, 0.5) is 0 Å². The maximum atomic E-state index is 11.9. The highest BCUT2D eigenvalue weighted by atomic mass is 16.5. The molecule has 1 aromatic rings. The minimum Gasteiger partial charge on any atom is -0.465 e. The lowest BCUT2D eigenvalue weighted by atomic mass is 10.2. The Bertz CT molecular complexity index is 436. The molecule has 6 nitrogen and oxygen atoms in total. The SMILES string of the molecule is CCCOC(=NC[C@@H]1CCCO1)NC(=O)c1ccco1. The number of ether oxygens (including phenoxy) is 2. The Morgan fingerprint density at radius 3 is 3.15 bits per heavy atom. The molecule has 0 aromatic carbocycles. The van der Waals surface area contributed by atoms with E-state index in [0.29, 0.717) is 13.2 Å². The third kappa shape index (κ3) is 4.38. The molecule has 20 heavy (non-hydrogen) atoms. The molecule has 0 saturated carbocycles. The number of amidine groups is 1. The smallest absolute Gasteiger partial charge is 0.294 e. The molecule has 1 fully saturated rings. The van der Waals surface area contributed by atoms with Crippen molar-refractivity contribution >= 4 is 11.9 Å². The van der Waals surface area contributed by atoms with Crippen LogP contribution < -0.4 is 5.32 Å². The average molecular weight is 280 g/mol. The summed E-state index contributed by atoms with van der Waals surface area (Å²) >= 11 is 0. The van der Waals surface area contributed by atoms with Gasteiger partial charge in [0.05, 0.1) is 25.5 Å². The quantitative estimate of drug-likeness (QED) is 0.661. The Morgan fingerprint density at radius 1 is 1.60 bits per heavy atom. The van der Waals surface area contributed by atoms with E-state index in [2.05, 4.69) is 10.3 Å². The number of carbonyl (C=O) groups is 1. The third-order valence-electron chi connectivity index (χ3n) is 2.87. The number of aliphatic imine (C=N–C) groups is 1. The van der Waals surface area contributed by atoms with Crippen LogP contribution in [0.2, 0.25) is 0 Å². The number of hydrogen-bond acceptors (Lipinski definition) is 5. The van der Waals surface area contributed by atoms with E-state index in [1.54, 1.807) is 12.1 Å². The number of nitrogens with one attached hydrogen (secondary N) is 1. The minimum atomic E-state index is -0.364. The van der Waals surface area contributed by atoms with Crippen LogP contribution in [0.5, 0.6) is 0 Å². The van der Waals surface area contributed by atoms with Crippen LogP contribution in [-0.4, -0.2) is 37.8 Å². The molecule has 0 spiro atoms. The maximum Gasteiger partial charge on any atom is 0.294 e. The van der Waals surface area contributed by atoms with Gasteiger partial charge in [0.1, 0.15) is 0 Å². The van der Waals surface area contributed by atoms with Gasteiger partial charge in [-0.05, 0) is 31.4 Å². The molecule has 0 radical (unpaired) electrons. The van der Waals surface area contributed by atoms with E-state index in [1.807, 2.05) is 6.92 Å². The van der Waals surface area contributed by atoms with Crippen LogP contribution in [0.25, 0.3) is 0 Å². The zero-order valence-corrected chi connectivity index (χ0v) is 11.6. The Labute approximate surface area is 118 Å². The first-order valence-electron chi connectivity index (χ1n) is 6.93. The summed E-state index contributed by atoms with van der Waals surface area (Å²) in [6.45, 7) is 3.77. The Kier molecular flexibility index (Phi) is 5.61. The second kappa shape index (κ2) is 7.69. The van der Waals surface area contributed by atoms with Crippen molar-refractivity contribution in [1.82, 2.24) is 5.32 Å². The molecule has 1 aromatic heterocycles. The standard InChI is InChI=1S/C14H20N2O4/c1-2-7-20-14(15-10-11-5-3-8-18-11)16-13(17)12-6-4-9-19-12/h4,6,9,11H,2-3,5,7-8,10H2,1H3,(H,15,16,17)/t11-/m0/s1. The molecule has 0 aliphatic carbocycles. The summed E-state index contributed by atoms with van der Waals surface area (Å²) in [6.07, 6.45) is 4.47. The van der Waals surface area contributed by atoms with Crippen molar-refractivity contribution in [3.63, 3.8) is 0 Å². The lowest BCUT2D eigenvalue weighted by Gasteiger charge is -2.11. The highest BCUT2D eigenvalue weighted by molar-refractivity contribution is 6.02. The predicted molar refractivity (Wildman–Crippen MR) is 73.7 cm³/mol. The number of furan rings is 1. The largest absolute Gasteiger partial charge is 0.465 e. The molecule has 1 saturated heterocycles. The number of nitrogens with zero attached hydrogens (tertiary/aromatic N) is 1. The summed E-state index contributed by atoms with van der Waals surface area (Å²) in [7, 11) is 0. The Morgan fingerprint density at radius 2 is 2.50 bits per heavy atom. The fourth-order valence-electron chi connectivity index (χ4n) is 1.86. The van der Waals surface area contributed by atoms with Gasteiger partial charge in [-0.1, -0.05) is 6.92 Å². The van der Waals surface area contributed by atoms with Crippen molar-refractivity contribution < 1.29 is 18.7 Å².